The van der Waals surface area contributed by atoms with Crippen LogP contribution < -0.4 is 5.32 Å². The molecule has 1 N–H and O–H groups in total. The first-order valence-corrected chi connectivity index (χ1v) is 6.58. The summed E-state index contributed by atoms with van der Waals surface area (Å²) in [6.07, 6.45) is 0. The molecule has 2 amide bonds. The number of halogens is 1. The number of hydrogen-bond donors (Lipinski definition) is 1. The predicted molar refractivity (Wildman–Crippen MR) is 75.3 cm³/mol. The summed E-state index contributed by atoms with van der Waals surface area (Å²) in [4.78, 5) is 24.9. The van der Waals surface area contributed by atoms with Crippen LogP contribution in [0.25, 0.3) is 0 Å². The number of hydrogen-bond acceptors (Lipinski definition) is 2. The van der Waals surface area contributed by atoms with Crippen molar-refractivity contribution in [1.82, 2.24) is 10.2 Å². The van der Waals surface area contributed by atoms with E-state index in [1.165, 1.54) is 17.9 Å². The zero-order valence-corrected chi connectivity index (χ0v) is 12.3. The van der Waals surface area contributed by atoms with Crippen LogP contribution >= 0.6 is 0 Å². The van der Waals surface area contributed by atoms with Crippen LogP contribution in [0.3, 0.4) is 0 Å². The Morgan fingerprint density at radius 1 is 1.30 bits per heavy atom. The lowest BCUT2D eigenvalue weighted by Gasteiger charge is -2.26. The molecule has 0 bridgehead atoms. The average Bonchev–Trinajstić information content (AvgIpc) is 2.37. The number of benzene rings is 1. The van der Waals surface area contributed by atoms with Gasteiger partial charge in [-0.05, 0) is 12.0 Å². The molecule has 0 fully saturated rings. The Morgan fingerprint density at radius 3 is 2.40 bits per heavy atom. The Labute approximate surface area is 119 Å². The summed E-state index contributed by atoms with van der Waals surface area (Å²) < 4.78 is 13.6. The molecule has 110 valence electrons. The van der Waals surface area contributed by atoms with Gasteiger partial charge in [0.1, 0.15) is 11.9 Å². The van der Waals surface area contributed by atoms with E-state index in [9.17, 15) is 14.0 Å². The van der Waals surface area contributed by atoms with Gasteiger partial charge < -0.3 is 10.2 Å². The van der Waals surface area contributed by atoms with Crippen LogP contribution in [-0.4, -0.2) is 29.8 Å². The molecule has 4 nitrogen and oxygen atoms in total. The lowest BCUT2D eigenvalue weighted by Crippen LogP contribution is -2.49. The van der Waals surface area contributed by atoms with E-state index in [1.807, 2.05) is 13.8 Å². The van der Waals surface area contributed by atoms with Gasteiger partial charge >= 0.3 is 0 Å². The highest BCUT2D eigenvalue weighted by Crippen LogP contribution is 2.12. The largest absolute Gasteiger partial charge is 0.344 e. The molecule has 1 atom stereocenters. The SMILES string of the molecule is CC(=O)NC(C(=O)N(C)Cc1ccccc1F)C(C)C. The molecule has 1 unspecified atom stereocenters. The number of nitrogens with one attached hydrogen (secondary N) is 1. The molecule has 0 heterocycles. The maximum atomic E-state index is 13.6. The monoisotopic (exact) mass is 280 g/mol. The van der Waals surface area contributed by atoms with Crippen molar-refractivity contribution < 1.29 is 14.0 Å². The molecule has 20 heavy (non-hydrogen) atoms. The van der Waals surface area contributed by atoms with Crippen molar-refractivity contribution >= 4 is 11.8 Å². The maximum Gasteiger partial charge on any atom is 0.245 e. The molecule has 0 radical (unpaired) electrons. The molecule has 0 saturated carbocycles. The van der Waals surface area contributed by atoms with Crippen molar-refractivity contribution in [1.29, 1.82) is 0 Å². The van der Waals surface area contributed by atoms with Crippen LogP contribution in [0.4, 0.5) is 4.39 Å². The van der Waals surface area contributed by atoms with Crippen molar-refractivity contribution in [3.63, 3.8) is 0 Å². The molecule has 0 aliphatic heterocycles. The van der Waals surface area contributed by atoms with Gasteiger partial charge in [-0.3, -0.25) is 9.59 Å². The standard InChI is InChI=1S/C15H21FN2O2/c1-10(2)14(17-11(3)19)15(20)18(4)9-12-7-5-6-8-13(12)16/h5-8,10,14H,9H2,1-4H3,(H,17,19). The lowest BCUT2D eigenvalue weighted by molar-refractivity contribution is -0.136. The maximum absolute atomic E-state index is 13.6. The Morgan fingerprint density at radius 2 is 1.90 bits per heavy atom. The van der Waals surface area contributed by atoms with Gasteiger partial charge in [0, 0.05) is 26.1 Å². The fourth-order valence-electron chi connectivity index (χ4n) is 1.93. The fourth-order valence-corrected chi connectivity index (χ4v) is 1.93. The third-order valence-electron chi connectivity index (χ3n) is 3.03. The highest BCUT2D eigenvalue weighted by Gasteiger charge is 2.26. The van der Waals surface area contributed by atoms with E-state index in [2.05, 4.69) is 5.32 Å². The van der Waals surface area contributed by atoms with Gasteiger partial charge in [0.15, 0.2) is 0 Å². The van der Waals surface area contributed by atoms with Crippen molar-refractivity contribution in [2.24, 2.45) is 5.92 Å². The normalized spacial score (nSPS) is 12.1. The van der Waals surface area contributed by atoms with Crippen LogP contribution in [0.5, 0.6) is 0 Å². The number of carbonyl (C=O) groups excluding carboxylic acids is 2. The van der Waals surface area contributed by atoms with E-state index >= 15 is 0 Å². The zero-order valence-electron chi connectivity index (χ0n) is 12.3. The zero-order chi connectivity index (χ0) is 15.3. The summed E-state index contributed by atoms with van der Waals surface area (Å²) >= 11 is 0. The molecule has 0 spiro atoms. The quantitative estimate of drug-likeness (QED) is 0.896. The highest BCUT2D eigenvalue weighted by molar-refractivity contribution is 5.86. The first-order valence-electron chi connectivity index (χ1n) is 6.58. The van der Waals surface area contributed by atoms with E-state index < -0.39 is 6.04 Å². The molecule has 0 aliphatic carbocycles. The van der Waals surface area contributed by atoms with Crippen LogP contribution in [0, 0.1) is 11.7 Å². The Bertz CT molecular complexity index is 489. The predicted octanol–water partition coefficient (Wildman–Crippen LogP) is 1.94. The summed E-state index contributed by atoms with van der Waals surface area (Å²) in [6, 6.07) is 5.74. The van der Waals surface area contributed by atoms with Gasteiger partial charge in [0.2, 0.25) is 11.8 Å². The minimum absolute atomic E-state index is 0.0329. The lowest BCUT2D eigenvalue weighted by atomic mass is 10.0. The van der Waals surface area contributed by atoms with Crippen LogP contribution in [-0.2, 0) is 16.1 Å². The second kappa shape index (κ2) is 7.03. The number of rotatable bonds is 5. The molecule has 1 aromatic carbocycles. The van der Waals surface area contributed by atoms with Gasteiger partial charge in [0.25, 0.3) is 0 Å². The van der Waals surface area contributed by atoms with E-state index in [1.54, 1.807) is 25.2 Å². The fraction of sp³-hybridized carbons (Fsp3) is 0.467. The minimum atomic E-state index is -0.593. The Kier molecular flexibility index (Phi) is 5.67. The third-order valence-corrected chi connectivity index (χ3v) is 3.03. The first kappa shape index (κ1) is 16.1. The van der Waals surface area contributed by atoms with Crippen molar-refractivity contribution in [3.05, 3.63) is 35.6 Å². The summed E-state index contributed by atoms with van der Waals surface area (Å²) in [5.41, 5.74) is 0.452. The van der Waals surface area contributed by atoms with Crippen molar-refractivity contribution in [2.45, 2.75) is 33.4 Å². The number of likely N-dealkylation sites (N-methyl/N-ethyl adjacent to an activating group) is 1. The Hall–Kier alpha value is -1.91. The molecule has 0 saturated heterocycles. The van der Waals surface area contributed by atoms with E-state index in [4.69, 9.17) is 0 Å². The van der Waals surface area contributed by atoms with Gasteiger partial charge in [-0.15, -0.1) is 0 Å². The van der Waals surface area contributed by atoms with Crippen LogP contribution in [0.15, 0.2) is 24.3 Å². The first-order chi connectivity index (χ1) is 9.32. The topological polar surface area (TPSA) is 49.4 Å². The van der Waals surface area contributed by atoms with Crippen molar-refractivity contribution in [3.8, 4) is 0 Å². The van der Waals surface area contributed by atoms with Crippen molar-refractivity contribution in [2.75, 3.05) is 7.05 Å². The van der Waals surface area contributed by atoms with Crippen LogP contribution in [0.1, 0.15) is 26.3 Å². The van der Waals surface area contributed by atoms with Gasteiger partial charge in [-0.25, -0.2) is 4.39 Å². The van der Waals surface area contributed by atoms with E-state index in [-0.39, 0.29) is 30.1 Å². The van der Waals surface area contributed by atoms with E-state index in [0.29, 0.717) is 5.56 Å². The molecular formula is C15H21FN2O2. The summed E-state index contributed by atoms with van der Waals surface area (Å²) in [5, 5.41) is 2.64. The number of carbonyl (C=O) groups is 2. The van der Waals surface area contributed by atoms with Gasteiger partial charge in [0.05, 0.1) is 0 Å². The number of nitrogens with zero attached hydrogens (tertiary/aromatic N) is 1. The highest BCUT2D eigenvalue weighted by atomic mass is 19.1. The van der Waals surface area contributed by atoms with E-state index in [0.717, 1.165) is 0 Å². The molecule has 1 rings (SSSR count). The summed E-state index contributed by atoms with van der Waals surface area (Å²) in [6.45, 7) is 5.26. The van der Waals surface area contributed by atoms with Crippen LogP contribution in [0.2, 0.25) is 0 Å². The smallest absolute Gasteiger partial charge is 0.245 e. The average molecular weight is 280 g/mol. The molecule has 1 aromatic rings. The Balaban J connectivity index is 2.79. The third kappa shape index (κ3) is 4.33. The molecule has 5 heteroatoms. The minimum Gasteiger partial charge on any atom is -0.344 e. The second-order valence-corrected chi connectivity index (χ2v) is 5.21. The summed E-state index contributed by atoms with van der Waals surface area (Å²) in [7, 11) is 1.60. The molecule has 0 aromatic heterocycles. The number of amides is 2. The van der Waals surface area contributed by atoms with Gasteiger partial charge in [-0.1, -0.05) is 32.0 Å². The molecule has 0 aliphatic rings. The summed E-state index contributed by atoms with van der Waals surface area (Å²) in [5.74, 6) is -0.850. The molecular weight excluding hydrogens is 259 g/mol. The second-order valence-electron chi connectivity index (χ2n) is 5.21. The van der Waals surface area contributed by atoms with Gasteiger partial charge in [-0.2, -0.15) is 0 Å².